The molecule has 0 aliphatic carbocycles. The molecule has 2 rings (SSSR count). The van der Waals surface area contributed by atoms with E-state index in [0.29, 0.717) is 6.54 Å². The number of nitrogen functional groups attached to an aromatic ring is 1. The molecule has 0 amide bonds. The van der Waals surface area contributed by atoms with Crippen LogP contribution in [0.3, 0.4) is 0 Å². The zero-order valence-corrected chi connectivity index (χ0v) is 9.24. The van der Waals surface area contributed by atoms with Crippen molar-refractivity contribution in [2.75, 3.05) is 23.7 Å². The molecule has 3 heteroatoms. The van der Waals surface area contributed by atoms with E-state index in [4.69, 9.17) is 11.5 Å². The van der Waals surface area contributed by atoms with Crippen LogP contribution in [0.1, 0.15) is 18.9 Å². The second-order valence-electron chi connectivity index (χ2n) is 4.43. The van der Waals surface area contributed by atoms with Crippen LogP contribution in [0, 0.1) is 5.92 Å². The van der Waals surface area contributed by atoms with Crippen molar-refractivity contribution in [3.63, 3.8) is 0 Å². The molecular formula is C12H19N3. The molecule has 1 heterocycles. The minimum atomic E-state index is 0.517. The molecule has 1 aromatic rings. The van der Waals surface area contributed by atoms with Crippen LogP contribution in [0.2, 0.25) is 0 Å². The van der Waals surface area contributed by atoms with E-state index in [1.54, 1.807) is 0 Å². The minimum Gasteiger partial charge on any atom is -0.398 e. The molecule has 1 aliphatic rings. The fourth-order valence-corrected chi connectivity index (χ4v) is 2.14. The maximum Gasteiger partial charge on any atom is 0.0371 e. The van der Waals surface area contributed by atoms with Gasteiger partial charge in [0.2, 0.25) is 0 Å². The Balaban J connectivity index is 2.21. The molecule has 0 aromatic heterocycles. The van der Waals surface area contributed by atoms with Gasteiger partial charge in [0.15, 0.2) is 0 Å². The summed E-state index contributed by atoms with van der Waals surface area (Å²) in [6.45, 7) is 5.10. The Morgan fingerprint density at radius 3 is 2.87 bits per heavy atom. The lowest BCUT2D eigenvalue weighted by atomic mass is 10.1. The maximum absolute atomic E-state index is 5.83. The van der Waals surface area contributed by atoms with Gasteiger partial charge in [0, 0.05) is 31.0 Å². The predicted octanol–water partition coefficient (Wildman–Crippen LogP) is 1.57. The maximum atomic E-state index is 5.83. The van der Waals surface area contributed by atoms with E-state index in [-0.39, 0.29) is 0 Å². The number of nitrogens with zero attached hydrogens (tertiary/aromatic N) is 1. The van der Waals surface area contributed by atoms with Gasteiger partial charge in [-0.25, -0.2) is 0 Å². The number of hydrogen-bond donors (Lipinski definition) is 2. The highest BCUT2D eigenvalue weighted by atomic mass is 15.1. The summed E-state index contributed by atoms with van der Waals surface area (Å²) >= 11 is 0. The molecule has 0 spiro atoms. The third kappa shape index (κ3) is 2.07. The Morgan fingerprint density at radius 1 is 1.47 bits per heavy atom. The molecule has 1 atom stereocenters. The first-order valence-corrected chi connectivity index (χ1v) is 5.54. The molecule has 82 valence electrons. The van der Waals surface area contributed by atoms with Gasteiger partial charge in [-0.15, -0.1) is 0 Å². The molecule has 0 bridgehead atoms. The van der Waals surface area contributed by atoms with E-state index in [1.165, 1.54) is 12.1 Å². The molecule has 0 radical (unpaired) electrons. The fourth-order valence-electron chi connectivity index (χ4n) is 2.14. The predicted molar refractivity (Wildman–Crippen MR) is 64.7 cm³/mol. The Morgan fingerprint density at radius 2 is 2.27 bits per heavy atom. The summed E-state index contributed by atoms with van der Waals surface area (Å²) < 4.78 is 0. The lowest BCUT2D eigenvalue weighted by molar-refractivity contribution is 0.659. The summed E-state index contributed by atoms with van der Waals surface area (Å²) in [5, 5.41) is 0. The van der Waals surface area contributed by atoms with Crippen LogP contribution in [0.15, 0.2) is 18.2 Å². The summed E-state index contributed by atoms with van der Waals surface area (Å²) in [5.41, 5.74) is 14.6. The molecule has 1 aliphatic heterocycles. The lowest BCUT2D eigenvalue weighted by Gasteiger charge is -2.19. The zero-order chi connectivity index (χ0) is 10.8. The Kier molecular flexibility index (Phi) is 2.82. The second-order valence-corrected chi connectivity index (χ2v) is 4.43. The van der Waals surface area contributed by atoms with Crippen LogP contribution in [-0.2, 0) is 6.54 Å². The topological polar surface area (TPSA) is 55.3 Å². The monoisotopic (exact) mass is 205 g/mol. The first kappa shape index (κ1) is 10.3. The van der Waals surface area contributed by atoms with Crippen molar-refractivity contribution in [2.24, 2.45) is 11.7 Å². The molecule has 3 nitrogen and oxygen atoms in total. The van der Waals surface area contributed by atoms with Crippen LogP contribution in [0.4, 0.5) is 11.4 Å². The van der Waals surface area contributed by atoms with Crippen molar-refractivity contribution in [1.29, 1.82) is 0 Å². The van der Waals surface area contributed by atoms with Crippen molar-refractivity contribution in [2.45, 2.75) is 19.9 Å². The van der Waals surface area contributed by atoms with Gasteiger partial charge < -0.3 is 16.4 Å². The second kappa shape index (κ2) is 4.11. The smallest absolute Gasteiger partial charge is 0.0371 e. The van der Waals surface area contributed by atoms with Crippen molar-refractivity contribution in [3.8, 4) is 0 Å². The quantitative estimate of drug-likeness (QED) is 0.721. The SMILES string of the molecule is CC1CCN(c2ccc(N)c(CN)c2)C1. The third-order valence-corrected chi connectivity index (χ3v) is 3.14. The van der Waals surface area contributed by atoms with Gasteiger partial charge in [-0.05, 0) is 36.1 Å². The molecule has 1 saturated heterocycles. The molecular weight excluding hydrogens is 186 g/mol. The minimum absolute atomic E-state index is 0.517. The highest BCUT2D eigenvalue weighted by Gasteiger charge is 2.19. The van der Waals surface area contributed by atoms with E-state index in [0.717, 1.165) is 30.3 Å². The van der Waals surface area contributed by atoms with E-state index in [2.05, 4.69) is 24.0 Å². The van der Waals surface area contributed by atoms with Crippen LogP contribution >= 0.6 is 0 Å². The number of anilines is 2. The molecule has 1 aromatic carbocycles. The largest absolute Gasteiger partial charge is 0.398 e. The van der Waals surface area contributed by atoms with Gasteiger partial charge in [0.25, 0.3) is 0 Å². The van der Waals surface area contributed by atoms with Gasteiger partial charge in [0.1, 0.15) is 0 Å². The van der Waals surface area contributed by atoms with Crippen LogP contribution in [-0.4, -0.2) is 13.1 Å². The average Bonchev–Trinajstić information content (AvgIpc) is 2.66. The molecule has 0 saturated carbocycles. The van der Waals surface area contributed by atoms with Crippen molar-refractivity contribution in [3.05, 3.63) is 23.8 Å². The van der Waals surface area contributed by atoms with Crippen LogP contribution in [0.25, 0.3) is 0 Å². The standard InChI is InChI=1S/C12H19N3/c1-9-4-5-15(8-9)11-2-3-12(14)10(6-11)7-13/h2-3,6,9H,4-5,7-8,13-14H2,1H3. The summed E-state index contributed by atoms with van der Waals surface area (Å²) in [5.74, 6) is 0.795. The van der Waals surface area contributed by atoms with E-state index >= 15 is 0 Å². The third-order valence-electron chi connectivity index (χ3n) is 3.14. The van der Waals surface area contributed by atoms with E-state index < -0.39 is 0 Å². The van der Waals surface area contributed by atoms with Crippen LogP contribution < -0.4 is 16.4 Å². The van der Waals surface area contributed by atoms with Crippen LogP contribution in [0.5, 0.6) is 0 Å². The summed E-state index contributed by atoms with van der Waals surface area (Å²) in [7, 11) is 0. The Hall–Kier alpha value is -1.22. The average molecular weight is 205 g/mol. The summed E-state index contributed by atoms with van der Waals surface area (Å²) in [6.07, 6.45) is 1.28. The first-order valence-electron chi connectivity index (χ1n) is 5.54. The molecule has 4 N–H and O–H groups in total. The number of nitrogens with two attached hydrogens (primary N) is 2. The van der Waals surface area contributed by atoms with Crippen molar-refractivity contribution >= 4 is 11.4 Å². The molecule has 1 fully saturated rings. The van der Waals surface area contributed by atoms with Gasteiger partial charge >= 0.3 is 0 Å². The number of benzene rings is 1. The number of hydrogen-bond acceptors (Lipinski definition) is 3. The molecule has 15 heavy (non-hydrogen) atoms. The summed E-state index contributed by atoms with van der Waals surface area (Å²) in [4.78, 5) is 2.41. The summed E-state index contributed by atoms with van der Waals surface area (Å²) in [6, 6.07) is 6.17. The normalized spacial score (nSPS) is 20.9. The Bertz CT molecular complexity index is 349. The number of rotatable bonds is 2. The van der Waals surface area contributed by atoms with Crippen molar-refractivity contribution in [1.82, 2.24) is 0 Å². The fraction of sp³-hybridized carbons (Fsp3) is 0.500. The van der Waals surface area contributed by atoms with E-state index in [9.17, 15) is 0 Å². The highest BCUT2D eigenvalue weighted by Crippen LogP contribution is 2.26. The lowest BCUT2D eigenvalue weighted by Crippen LogP contribution is -2.19. The first-order chi connectivity index (χ1) is 7.20. The highest BCUT2D eigenvalue weighted by molar-refractivity contribution is 5.58. The van der Waals surface area contributed by atoms with Gasteiger partial charge in [-0.3, -0.25) is 0 Å². The zero-order valence-electron chi connectivity index (χ0n) is 9.24. The van der Waals surface area contributed by atoms with Gasteiger partial charge in [-0.1, -0.05) is 6.92 Å². The molecule has 1 unspecified atom stereocenters. The Labute approximate surface area is 91.1 Å². The van der Waals surface area contributed by atoms with Gasteiger partial charge in [0.05, 0.1) is 0 Å². The van der Waals surface area contributed by atoms with Crippen molar-refractivity contribution < 1.29 is 0 Å². The van der Waals surface area contributed by atoms with E-state index in [1.807, 2.05) is 6.07 Å². The van der Waals surface area contributed by atoms with Gasteiger partial charge in [-0.2, -0.15) is 0 Å².